The third kappa shape index (κ3) is 2.80. The van der Waals surface area contributed by atoms with Crippen molar-refractivity contribution in [2.45, 2.75) is 0 Å². The summed E-state index contributed by atoms with van der Waals surface area (Å²) in [6, 6.07) is 0. The van der Waals surface area contributed by atoms with Crippen molar-refractivity contribution in [1.29, 1.82) is 0 Å². The number of hydrogen-bond donors (Lipinski definition) is 3. The minimum absolute atomic E-state index is 0.0833. The molecule has 0 fully saturated rings. The molecule has 11 nitrogen and oxygen atoms in total. The van der Waals surface area contributed by atoms with Gasteiger partial charge < -0.3 is 0 Å². The molecule has 2 aliphatic rings. The van der Waals surface area contributed by atoms with Gasteiger partial charge in [0.05, 0.1) is 0 Å². The van der Waals surface area contributed by atoms with Gasteiger partial charge in [0.25, 0.3) is 0 Å². The Morgan fingerprint density at radius 3 is 1.21 bits per heavy atom. The molecule has 2 aliphatic heterocycles. The van der Waals surface area contributed by atoms with Crippen LogP contribution in [0.25, 0.3) is 0 Å². The fourth-order valence-electron chi connectivity index (χ4n) is 0.468. The molecular weight excluding hydrogens is 190 g/mol. The molecule has 0 aliphatic carbocycles. The zero-order valence-corrected chi connectivity index (χ0v) is 6.81. The molecule has 72 valence electrons. The maximum atomic E-state index is 4.58. The van der Waals surface area contributed by atoms with Crippen molar-refractivity contribution in [1.82, 2.24) is 0 Å². The van der Waals surface area contributed by atoms with E-state index in [1.165, 1.54) is 0 Å². The molecular formula is C3H6N11+. The van der Waals surface area contributed by atoms with Crippen molar-refractivity contribution >= 4 is 5.96 Å². The summed E-state index contributed by atoms with van der Waals surface area (Å²) in [4.78, 5) is 0. The lowest BCUT2D eigenvalue weighted by Gasteiger charge is -1.79. The van der Waals surface area contributed by atoms with Crippen LogP contribution >= 0.6 is 0 Å². The lowest BCUT2D eigenvalue weighted by molar-refractivity contribution is -0.116. The van der Waals surface area contributed by atoms with Crippen LogP contribution in [-0.4, -0.2) is 5.96 Å². The second kappa shape index (κ2) is 4.44. The molecule has 0 amide bonds. The maximum Gasteiger partial charge on any atom is 0.336 e. The summed E-state index contributed by atoms with van der Waals surface area (Å²) < 4.78 is 0. The standard InChI is InChI=1S/C2N8.CH5N3/c3-1(4-8-7-3)2-5-9-10-6-2;2-1(3)4/h;(H5,2,3,4)/p+1. The van der Waals surface area contributed by atoms with Crippen molar-refractivity contribution in [2.75, 3.05) is 0 Å². The van der Waals surface area contributed by atoms with E-state index in [-0.39, 0.29) is 17.6 Å². The van der Waals surface area contributed by atoms with Crippen molar-refractivity contribution < 1.29 is 5.41 Å². The Bertz CT molecular complexity index is 306. The first kappa shape index (κ1) is 9.50. The van der Waals surface area contributed by atoms with Gasteiger partial charge in [0.15, 0.2) is 0 Å². The van der Waals surface area contributed by atoms with Gasteiger partial charge in [-0.3, -0.25) is 16.9 Å². The quantitative estimate of drug-likeness (QED) is 0.325. The highest BCUT2D eigenvalue weighted by Gasteiger charge is 2.10. The average molecular weight is 196 g/mol. The van der Waals surface area contributed by atoms with E-state index in [1.807, 2.05) is 0 Å². The van der Waals surface area contributed by atoms with E-state index in [4.69, 9.17) is 0 Å². The molecule has 0 spiro atoms. The number of guanidine groups is 1. The summed E-state index contributed by atoms with van der Waals surface area (Å²) in [5, 5.41) is 31.4. The van der Waals surface area contributed by atoms with Crippen molar-refractivity contribution in [3.63, 3.8) is 0 Å². The van der Waals surface area contributed by atoms with Crippen LogP contribution in [0.2, 0.25) is 0 Å². The van der Waals surface area contributed by atoms with E-state index in [1.54, 1.807) is 0 Å². The topological polar surface area (TPSA) is 177 Å². The molecule has 0 bridgehead atoms. The summed E-state index contributed by atoms with van der Waals surface area (Å²) >= 11 is 0. The van der Waals surface area contributed by atoms with Crippen molar-refractivity contribution in [3.05, 3.63) is 11.6 Å². The smallest absolute Gasteiger partial charge is 0.291 e. The molecule has 0 unspecified atom stereocenters. The number of rotatable bonds is 0. The van der Waals surface area contributed by atoms with E-state index in [2.05, 4.69) is 58.2 Å². The van der Waals surface area contributed by atoms with E-state index in [0.29, 0.717) is 0 Å². The largest absolute Gasteiger partial charge is 0.336 e. The Balaban J connectivity index is 0.000000213. The monoisotopic (exact) mass is 196 g/mol. The second-order valence-corrected chi connectivity index (χ2v) is 1.90. The molecule has 2 heterocycles. The first-order valence-electron chi connectivity index (χ1n) is 3.21. The fourth-order valence-corrected chi connectivity index (χ4v) is 0.468. The summed E-state index contributed by atoms with van der Waals surface area (Å²) in [5.74, 6) is 0.398. The van der Waals surface area contributed by atoms with Gasteiger partial charge >= 0.3 is 5.96 Å². The Hall–Kier alpha value is -2.59. The van der Waals surface area contributed by atoms with Crippen LogP contribution in [0.15, 0.2) is 53.0 Å². The molecule has 6 N–H and O–H groups in total. The van der Waals surface area contributed by atoms with Crippen LogP contribution in [0.4, 0.5) is 0 Å². The molecule has 0 aromatic rings. The first-order valence-corrected chi connectivity index (χ1v) is 3.21. The summed E-state index contributed by atoms with van der Waals surface area (Å²) in [6.45, 7) is 0. The molecule has 0 radical (unpaired) electrons. The molecule has 0 atom stereocenters. The van der Waals surface area contributed by atoms with Crippen LogP contribution in [0, 0.1) is 0 Å². The SMILES string of the molecule is N1=NC(=C2N=NN=N2)N=N1.NC(N)=[NH2+]. The molecule has 0 aromatic heterocycles. The first-order chi connectivity index (χ1) is 6.70. The van der Waals surface area contributed by atoms with Gasteiger partial charge in [0.1, 0.15) is 0 Å². The van der Waals surface area contributed by atoms with E-state index in [0.717, 1.165) is 0 Å². The van der Waals surface area contributed by atoms with Crippen LogP contribution in [0.5, 0.6) is 0 Å². The normalized spacial score (nSPS) is 16.0. The highest BCUT2D eigenvalue weighted by molar-refractivity contribution is 5.68. The number of nitrogens with two attached hydrogens (primary N) is 3. The Kier molecular flexibility index (Phi) is 3.01. The average Bonchev–Trinajstić information content (AvgIpc) is 2.76. The molecule has 0 aromatic carbocycles. The van der Waals surface area contributed by atoms with Gasteiger partial charge in [-0.25, -0.2) is 0 Å². The lowest BCUT2D eigenvalue weighted by Crippen LogP contribution is -2.51. The van der Waals surface area contributed by atoms with E-state index in [9.17, 15) is 0 Å². The molecule has 2 rings (SSSR count). The minimum Gasteiger partial charge on any atom is -0.291 e. The van der Waals surface area contributed by atoms with Crippen molar-refractivity contribution in [2.24, 2.45) is 52.8 Å². The number of nitrogens with zero attached hydrogens (tertiary/aromatic N) is 8. The molecule has 11 heteroatoms. The highest BCUT2D eigenvalue weighted by Crippen LogP contribution is 2.19. The van der Waals surface area contributed by atoms with Gasteiger partial charge in [-0.05, 0) is 20.9 Å². The van der Waals surface area contributed by atoms with Gasteiger partial charge in [-0.2, -0.15) is 0 Å². The predicted octanol–water partition coefficient (Wildman–Crippen LogP) is -1.20. The van der Waals surface area contributed by atoms with E-state index >= 15 is 0 Å². The summed E-state index contributed by atoms with van der Waals surface area (Å²) in [5.41, 5.74) is 9.17. The third-order valence-electron chi connectivity index (χ3n) is 0.838. The van der Waals surface area contributed by atoms with Crippen LogP contribution < -0.4 is 16.9 Å². The van der Waals surface area contributed by atoms with Gasteiger partial charge in [-0.1, -0.05) is 0 Å². The number of hydrogen-bond acceptors (Lipinski definition) is 8. The minimum atomic E-state index is -0.0833. The van der Waals surface area contributed by atoms with Gasteiger partial charge in [0.2, 0.25) is 11.6 Å². The predicted molar refractivity (Wildman–Crippen MR) is 41.8 cm³/mol. The highest BCUT2D eigenvalue weighted by atomic mass is 15.6. The second-order valence-electron chi connectivity index (χ2n) is 1.90. The third-order valence-corrected chi connectivity index (χ3v) is 0.838. The van der Waals surface area contributed by atoms with Crippen LogP contribution in [0.1, 0.15) is 0 Å². The zero-order chi connectivity index (χ0) is 10.4. The summed E-state index contributed by atoms with van der Waals surface area (Å²) in [7, 11) is 0. The van der Waals surface area contributed by atoms with Gasteiger partial charge in [0, 0.05) is 0 Å². The lowest BCUT2D eigenvalue weighted by atomic mass is 10.7. The Labute approximate surface area is 76.9 Å². The molecule has 14 heavy (non-hydrogen) atoms. The fraction of sp³-hybridized carbons (Fsp3) is 0. The Morgan fingerprint density at radius 1 is 0.786 bits per heavy atom. The van der Waals surface area contributed by atoms with Crippen LogP contribution in [0.3, 0.4) is 0 Å². The summed E-state index contributed by atoms with van der Waals surface area (Å²) in [6.07, 6.45) is 0. The Morgan fingerprint density at radius 2 is 1.00 bits per heavy atom. The van der Waals surface area contributed by atoms with Gasteiger partial charge in [-0.15, -0.1) is 20.5 Å². The maximum absolute atomic E-state index is 4.58. The van der Waals surface area contributed by atoms with Crippen molar-refractivity contribution in [3.8, 4) is 0 Å². The van der Waals surface area contributed by atoms with E-state index < -0.39 is 0 Å². The molecule has 0 saturated heterocycles. The molecule has 0 saturated carbocycles. The zero-order valence-electron chi connectivity index (χ0n) is 6.81. The van der Waals surface area contributed by atoms with Crippen LogP contribution in [-0.2, 0) is 0 Å².